The molecule has 0 aromatic carbocycles. The summed E-state index contributed by atoms with van der Waals surface area (Å²) in [7, 11) is 0. The standard InChI is InChI=1S/C13H13F3N2O3/c14-13(15,16)11-2-1-7(3-17-11)21-6-10-8-4-18(12(19)20)5-9(8)10/h1-3,8-10H,4-6H2,(H,19,20)/t8-,9+,10+. The molecule has 1 saturated heterocycles. The number of pyridine rings is 1. The first-order valence-corrected chi connectivity index (χ1v) is 6.50. The smallest absolute Gasteiger partial charge is 0.433 e. The average Bonchev–Trinajstić information content (AvgIpc) is 2.86. The van der Waals surface area contributed by atoms with E-state index in [4.69, 9.17) is 9.84 Å². The minimum Gasteiger partial charge on any atom is -0.492 e. The molecule has 1 aliphatic carbocycles. The van der Waals surface area contributed by atoms with Crippen molar-refractivity contribution in [3.05, 3.63) is 24.0 Å². The van der Waals surface area contributed by atoms with Crippen molar-refractivity contribution in [1.82, 2.24) is 9.88 Å². The number of rotatable bonds is 3. The molecule has 1 N–H and O–H groups in total. The quantitative estimate of drug-likeness (QED) is 0.931. The van der Waals surface area contributed by atoms with E-state index in [2.05, 4.69) is 4.98 Å². The topological polar surface area (TPSA) is 62.7 Å². The van der Waals surface area contributed by atoms with Crippen LogP contribution in [0.1, 0.15) is 5.69 Å². The number of ether oxygens (including phenoxy) is 1. The summed E-state index contributed by atoms with van der Waals surface area (Å²) in [6.45, 7) is 1.41. The van der Waals surface area contributed by atoms with Gasteiger partial charge in [-0.2, -0.15) is 13.2 Å². The molecule has 114 valence electrons. The lowest BCUT2D eigenvalue weighted by atomic mass is 10.3. The molecule has 1 saturated carbocycles. The molecule has 0 bridgehead atoms. The van der Waals surface area contributed by atoms with Crippen LogP contribution in [0.5, 0.6) is 5.75 Å². The predicted octanol–water partition coefficient (Wildman–Crippen LogP) is 2.34. The molecule has 1 amide bonds. The average molecular weight is 302 g/mol. The Bertz CT molecular complexity index is 535. The van der Waals surface area contributed by atoms with Crippen LogP contribution in [-0.4, -0.2) is 40.8 Å². The number of fused-ring (bicyclic) bond motifs is 1. The van der Waals surface area contributed by atoms with E-state index in [0.29, 0.717) is 37.3 Å². The van der Waals surface area contributed by atoms with Gasteiger partial charge >= 0.3 is 12.3 Å². The maximum atomic E-state index is 12.3. The van der Waals surface area contributed by atoms with Crippen LogP contribution in [0.2, 0.25) is 0 Å². The summed E-state index contributed by atoms with van der Waals surface area (Å²) in [5, 5.41) is 8.83. The minimum absolute atomic E-state index is 0.280. The first-order valence-electron chi connectivity index (χ1n) is 6.50. The van der Waals surface area contributed by atoms with Crippen LogP contribution >= 0.6 is 0 Å². The van der Waals surface area contributed by atoms with E-state index in [1.165, 1.54) is 11.0 Å². The van der Waals surface area contributed by atoms with E-state index >= 15 is 0 Å². The third kappa shape index (κ3) is 2.74. The van der Waals surface area contributed by atoms with Gasteiger partial charge in [-0.25, -0.2) is 9.78 Å². The molecule has 5 nitrogen and oxygen atoms in total. The Balaban J connectivity index is 1.49. The van der Waals surface area contributed by atoms with Gasteiger partial charge in [0, 0.05) is 19.0 Å². The summed E-state index contributed by atoms with van der Waals surface area (Å²) in [5.41, 5.74) is -0.949. The number of halogens is 3. The molecule has 2 fully saturated rings. The fourth-order valence-electron chi connectivity index (χ4n) is 2.88. The van der Waals surface area contributed by atoms with Crippen molar-refractivity contribution in [2.24, 2.45) is 17.8 Å². The molecule has 0 spiro atoms. The second-order valence-corrected chi connectivity index (χ2v) is 5.37. The highest BCUT2D eigenvalue weighted by atomic mass is 19.4. The van der Waals surface area contributed by atoms with Gasteiger partial charge in [-0.3, -0.25) is 0 Å². The van der Waals surface area contributed by atoms with Crippen molar-refractivity contribution >= 4 is 6.09 Å². The normalized spacial score (nSPS) is 27.4. The number of hydrogen-bond acceptors (Lipinski definition) is 3. The SMILES string of the molecule is O=C(O)N1C[C@@H]2[C@@H](COc3ccc(C(F)(F)F)nc3)[C@@H]2C1. The molecule has 0 radical (unpaired) electrons. The number of likely N-dealkylation sites (tertiary alicyclic amines) is 1. The van der Waals surface area contributed by atoms with Crippen molar-refractivity contribution < 1.29 is 27.8 Å². The fourth-order valence-corrected chi connectivity index (χ4v) is 2.88. The van der Waals surface area contributed by atoms with Gasteiger partial charge in [0.15, 0.2) is 0 Å². The molecule has 8 heteroatoms. The molecule has 1 aromatic heterocycles. The maximum Gasteiger partial charge on any atom is 0.433 e. The monoisotopic (exact) mass is 302 g/mol. The molecule has 3 atom stereocenters. The largest absolute Gasteiger partial charge is 0.492 e. The molecule has 3 rings (SSSR count). The van der Waals surface area contributed by atoms with E-state index in [1.54, 1.807) is 0 Å². The second kappa shape index (κ2) is 4.78. The molecular weight excluding hydrogens is 289 g/mol. The zero-order chi connectivity index (χ0) is 15.2. The highest BCUT2D eigenvalue weighted by Gasteiger charge is 2.57. The summed E-state index contributed by atoms with van der Waals surface area (Å²) in [6, 6.07) is 2.13. The van der Waals surface area contributed by atoms with Gasteiger partial charge in [0.2, 0.25) is 0 Å². The van der Waals surface area contributed by atoms with Crippen molar-refractivity contribution in [2.45, 2.75) is 6.18 Å². The molecule has 0 unspecified atom stereocenters. The second-order valence-electron chi connectivity index (χ2n) is 5.37. The number of carboxylic acid groups (broad SMARTS) is 1. The minimum atomic E-state index is -4.45. The zero-order valence-corrected chi connectivity index (χ0v) is 10.9. The molecule has 2 heterocycles. The third-order valence-electron chi connectivity index (χ3n) is 4.11. The van der Waals surface area contributed by atoms with Gasteiger partial charge in [0.1, 0.15) is 11.4 Å². The van der Waals surface area contributed by atoms with E-state index in [1.807, 2.05) is 0 Å². The lowest BCUT2D eigenvalue weighted by Gasteiger charge is -2.16. The first-order chi connectivity index (χ1) is 9.86. The number of alkyl halides is 3. The number of aromatic nitrogens is 1. The lowest BCUT2D eigenvalue weighted by Crippen LogP contribution is -2.30. The summed E-state index contributed by atoms with van der Waals surface area (Å²) in [5.74, 6) is 1.19. The fraction of sp³-hybridized carbons (Fsp3) is 0.538. The van der Waals surface area contributed by atoms with Gasteiger partial charge in [-0.15, -0.1) is 0 Å². The first kappa shape index (κ1) is 14.0. The van der Waals surface area contributed by atoms with Crippen LogP contribution in [0.25, 0.3) is 0 Å². The van der Waals surface area contributed by atoms with Gasteiger partial charge in [-0.1, -0.05) is 0 Å². The van der Waals surface area contributed by atoms with E-state index in [0.717, 1.165) is 12.3 Å². The summed E-state index contributed by atoms with van der Waals surface area (Å²) < 4.78 is 42.5. The van der Waals surface area contributed by atoms with Crippen LogP contribution in [-0.2, 0) is 6.18 Å². The summed E-state index contributed by atoms with van der Waals surface area (Å²) >= 11 is 0. The number of amides is 1. The molecule has 21 heavy (non-hydrogen) atoms. The van der Waals surface area contributed by atoms with Gasteiger partial charge < -0.3 is 14.7 Å². The van der Waals surface area contributed by atoms with Gasteiger partial charge in [0.25, 0.3) is 0 Å². The van der Waals surface area contributed by atoms with E-state index in [-0.39, 0.29) is 5.92 Å². The maximum absolute atomic E-state index is 12.3. The van der Waals surface area contributed by atoms with Crippen LogP contribution in [0.4, 0.5) is 18.0 Å². The predicted molar refractivity (Wildman–Crippen MR) is 64.8 cm³/mol. The molecule has 1 aliphatic heterocycles. The number of piperidine rings is 1. The lowest BCUT2D eigenvalue weighted by molar-refractivity contribution is -0.141. The number of nitrogens with zero attached hydrogens (tertiary/aromatic N) is 2. The van der Waals surface area contributed by atoms with Crippen molar-refractivity contribution in [3.8, 4) is 5.75 Å². The Labute approximate surface area is 118 Å². The van der Waals surface area contributed by atoms with Crippen LogP contribution in [0.3, 0.4) is 0 Å². The Morgan fingerprint density at radius 2 is 2.05 bits per heavy atom. The highest BCUT2D eigenvalue weighted by Crippen LogP contribution is 2.51. The number of carbonyl (C=O) groups is 1. The van der Waals surface area contributed by atoms with Crippen LogP contribution < -0.4 is 4.74 Å². The molecule has 1 aromatic rings. The van der Waals surface area contributed by atoms with E-state index in [9.17, 15) is 18.0 Å². The Kier molecular flexibility index (Phi) is 3.18. The third-order valence-corrected chi connectivity index (χ3v) is 4.11. The van der Waals surface area contributed by atoms with Gasteiger partial charge in [-0.05, 0) is 24.0 Å². The van der Waals surface area contributed by atoms with Crippen molar-refractivity contribution in [2.75, 3.05) is 19.7 Å². The highest BCUT2D eigenvalue weighted by molar-refractivity contribution is 5.65. The Morgan fingerprint density at radius 1 is 1.38 bits per heavy atom. The number of hydrogen-bond donors (Lipinski definition) is 1. The molecule has 2 aliphatic rings. The Hall–Kier alpha value is -1.99. The summed E-state index contributed by atoms with van der Waals surface area (Å²) in [4.78, 5) is 15.5. The van der Waals surface area contributed by atoms with Crippen molar-refractivity contribution in [3.63, 3.8) is 0 Å². The van der Waals surface area contributed by atoms with Crippen molar-refractivity contribution in [1.29, 1.82) is 0 Å². The van der Waals surface area contributed by atoms with Crippen LogP contribution in [0.15, 0.2) is 18.3 Å². The van der Waals surface area contributed by atoms with Gasteiger partial charge in [0.05, 0.1) is 12.8 Å². The Morgan fingerprint density at radius 3 is 2.52 bits per heavy atom. The summed E-state index contributed by atoms with van der Waals surface area (Å²) in [6.07, 6.45) is -4.30. The molecular formula is C13H13F3N2O3. The van der Waals surface area contributed by atoms with E-state index < -0.39 is 18.0 Å². The van der Waals surface area contributed by atoms with Crippen LogP contribution in [0, 0.1) is 17.8 Å². The zero-order valence-electron chi connectivity index (χ0n) is 10.9.